The fraction of sp³-hybridized carbons (Fsp3) is 0.200. The number of benzene rings is 2. The Morgan fingerprint density at radius 1 is 1.26 bits per heavy atom. The largest absolute Gasteiger partial charge is 0.452 e. The van der Waals surface area contributed by atoms with E-state index in [9.17, 15) is 4.39 Å². The molecule has 100 valence electrons. The Morgan fingerprint density at radius 2 is 2.00 bits per heavy atom. The van der Waals surface area contributed by atoms with Crippen LogP contribution in [0, 0.1) is 12.7 Å². The predicted molar refractivity (Wildman–Crippen MR) is 75.3 cm³/mol. The Kier molecular flexibility index (Phi) is 4.08. The molecule has 2 N–H and O–H groups in total. The van der Waals surface area contributed by atoms with Crippen LogP contribution in [-0.2, 0) is 0 Å². The molecule has 2 aromatic carbocycles. The zero-order valence-electron chi connectivity index (χ0n) is 10.8. The van der Waals surface area contributed by atoms with Crippen molar-refractivity contribution in [1.29, 1.82) is 0 Å². The van der Waals surface area contributed by atoms with Gasteiger partial charge in [0.2, 0.25) is 0 Å². The third-order valence-corrected chi connectivity index (χ3v) is 3.10. The third-order valence-electron chi connectivity index (χ3n) is 2.79. The molecule has 0 radical (unpaired) electrons. The van der Waals surface area contributed by atoms with Crippen molar-refractivity contribution in [1.82, 2.24) is 0 Å². The van der Waals surface area contributed by atoms with Crippen molar-refractivity contribution in [2.24, 2.45) is 5.73 Å². The monoisotopic (exact) mass is 279 g/mol. The van der Waals surface area contributed by atoms with Gasteiger partial charge >= 0.3 is 0 Å². The number of rotatable bonds is 3. The van der Waals surface area contributed by atoms with Gasteiger partial charge in [-0.05, 0) is 37.6 Å². The second-order valence-corrected chi connectivity index (χ2v) is 4.89. The maximum atomic E-state index is 13.9. The first kappa shape index (κ1) is 13.8. The molecule has 0 aliphatic heterocycles. The number of nitrogens with two attached hydrogens (primary N) is 1. The van der Waals surface area contributed by atoms with Crippen LogP contribution in [0.3, 0.4) is 0 Å². The van der Waals surface area contributed by atoms with Gasteiger partial charge in [0, 0.05) is 11.6 Å². The molecule has 0 fully saturated rings. The van der Waals surface area contributed by atoms with Gasteiger partial charge in [0.05, 0.1) is 5.02 Å². The van der Waals surface area contributed by atoms with Crippen LogP contribution in [-0.4, -0.2) is 0 Å². The van der Waals surface area contributed by atoms with Crippen LogP contribution < -0.4 is 10.5 Å². The highest BCUT2D eigenvalue weighted by Crippen LogP contribution is 2.35. The first-order valence-electron chi connectivity index (χ1n) is 5.97. The van der Waals surface area contributed by atoms with Crippen LogP contribution in [0.4, 0.5) is 4.39 Å². The molecule has 0 amide bonds. The Hall–Kier alpha value is -1.58. The molecule has 2 rings (SSSR count). The summed E-state index contributed by atoms with van der Waals surface area (Å²) in [4.78, 5) is 0. The van der Waals surface area contributed by atoms with E-state index in [-0.39, 0.29) is 11.8 Å². The molecule has 19 heavy (non-hydrogen) atoms. The molecule has 2 aromatic rings. The second-order valence-electron chi connectivity index (χ2n) is 4.48. The lowest BCUT2D eigenvalue weighted by Crippen LogP contribution is -2.07. The normalized spacial score (nSPS) is 12.3. The van der Waals surface area contributed by atoms with Crippen molar-refractivity contribution in [3.63, 3.8) is 0 Å². The maximum Gasteiger partial charge on any atom is 0.167 e. The van der Waals surface area contributed by atoms with Crippen molar-refractivity contribution in [2.45, 2.75) is 19.9 Å². The van der Waals surface area contributed by atoms with Crippen LogP contribution in [0.1, 0.15) is 24.1 Å². The lowest BCUT2D eigenvalue weighted by atomic mass is 10.1. The molecular formula is C15H15ClFNO. The van der Waals surface area contributed by atoms with Gasteiger partial charge in [-0.2, -0.15) is 0 Å². The average molecular weight is 280 g/mol. The van der Waals surface area contributed by atoms with E-state index < -0.39 is 5.82 Å². The van der Waals surface area contributed by atoms with Gasteiger partial charge in [0.25, 0.3) is 0 Å². The zero-order valence-corrected chi connectivity index (χ0v) is 11.5. The van der Waals surface area contributed by atoms with E-state index in [2.05, 4.69) is 0 Å². The predicted octanol–water partition coefficient (Wildman–Crippen LogP) is 4.60. The van der Waals surface area contributed by atoms with Crippen LogP contribution in [0.2, 0.25) is 5.02 Å². The van der Waals surface area contributed by atoms with Gasteiger partial charge < -0.3 is 10.5 Å². The Labute approximate surface area is 117 Å². The highest BCUT2D eigenvalue weighted by atomic mass is 35.5. The summed E-state index contributed by atoms with van der Waals surface area (Å²) in [6.07, 6.45) is 0. The molecule has 2 nitrogen and oxygen atoms in total. The minimum Gasteiger partial charge on any atom is -0.452 e. The smallest absolute Gasteiger partial charge is 0.167 e. The molecule has 0 aromatic heterocycles. The van der Waals surface area contributed by atoms with E-state index in [4.69, 9.17) is 22.1 Å². The zero-order chi connectivity index (χ0) is 14.0. The molecule has 1 atom stereocenters. The quantitative estimate of drug-likeness (QED) is 0.891. The topological polar surface area (TPSA) is 35.2 Å². The standard InChI is InChI=1S/C15H15ClFNO/c1-9-6-7-12(16)14(8-9)19-15-11(10(2)18)4-3-5-13(15)17/h3-8,10H,18H2,1-2H3. The first-order valence-corrected chi connectivity index (χ1v) is 6.35. The summed E-state index contributed by atoms with van der Waals surface area (Å²) in [6.45, 7) is 3.69. The lowest BCUT2D eigenvalue weighted by molar-refractivity contribution is 0.432. The number of halogens is 2. The van der Waals surface area contributed by atoms with Crippen molar-refractivity contribution in [3.05, 3.63) is 58.4 Å². The van der Waals surface area contributed by atoms with Crippen molar-refractivity contribution in [2.75, 3.05) is 0 Å². The summed E-state index contributed by atoms with van der Waals surface area (Å²) >= 11 is 6.05. The lowest BCUT2D eigenvalue weighted by Gasteiger charge is -2.15. The molecule has 1 unspecified atom stereocenters. The Balaban J connectivity index is 2.46. The fourth-order valence-electron chi connectivity index (χ4n) is 1.79. The molecule has 0 heterocycles. The van der Waals surface area contributed by atoms with E-state index in [0.717, 1.165) is 5.56 Å². The van der Waals surface area contributed by atoms with Gasteiger partial charge in [0.15, 0.2) is 11.6 Å². The van der Waals surface area contributed by atoms with E-state index in [1.807, 2.05) is 13.0 Å². The summed E-state index contributed by atoms with van der Waals surface area (Å²) in [5.74, 6) is 0.103. The molecular weight excluding hydrogens is 265 g/mol. The van der Waals surface area contributed by atoms with E-state index in [1.165, 1.54) is 6.07 Å². The van der Waals surface area contributed by atoms with Crippen molar-refractivity contribution < 1.29 is 9.13 Å². The van der Waals surface area contributed by atoms with Crippen molar-refractivity contribution >= 4 is 11.6 Å². The Bertz CT molecular complexity index is 599. The molecule has 0 saturated carbocycles. The highest BCUT2D eigenvalue weighted by Gasteiger charge is 2.15. The van der Waals surface area contributed by atoms with Crippen LogP contribution >= 0.6 is 11.6 Å². The van der Waals surface area contributed by atoms with Crippen molar-refractivity contribution in [3.8, 4) is 11.5 Å². The number of ether oxygens (including phenoxy) is 1. The molecule has 0 bridgehead atoms. The van der Waals surface area contributed by atoms with Gasteiger partial charge in [-0.15, -0.1) is 0 Å². The van der Waals surface area contributed by atoms with E-state index in [0.29, 0.717) is 16.3 Å². The summed E-state index contributed by atoms with van der Waals surface area (Å²) in [6, 6.07) is 9.71. The number of hydrogen-bond donors (Lipinski definition) is 1. The van der Waals surface area contributed by atoms with Gasteiger partial charge in [-0.25, -0.2) is 4.39 Å². The fourth-order valence-corrected chi connectivity index (χ4v) is 1.95. The van der Waals surface area contributed by atoms with Crippen LogP contribution in [0.15, 0.2) is 36.4 Å². The summed E-state index contributed by atoms with van der Waals surface area (Å²) in [5.41, 5.74) is 7.42. The van der Waals surface area contributed by atoms with Crippen LogP contribution in [0.5, 0.6) is 11.5 Å². The second kappa shape index (κ2) is 5.59. The number of hydrogen-bond acceptors (Lipinski definition) is 2. The first-order chi connectivity index (χ1) is 8.99. The maximum absolute atomic E-state index is 13.9. The molecule has 4 heteroatoms. The molecule has 0 aliphatic rings. The summed E-state index contributed by atoms with van der Waals surface area (Å²) in [5, 5.41) is 0.435. The molecule has 0 saturated heterocycles. The summed E-state index contributed by atoms with van der Waals surface area (Å²) < 4.78 is 19.5. The minimum absolute atomic E-state index is 0.130. The van der Waals surface area contributed by atoms with Gasteiger partial charge in [0.1, 0.15) is 5.75 Å². The average Bonchev–Trinajstić information content (AvgIpc) is 2.35. The van der Waals surface area contributed by atoms with E-state index in [1.54, 1.807) is 31.2 Å². The Morgan fingerprint density at radius 3 is 2.68 bits per heavy atom. The third kappa shape index (κ3) is 3.06. The molecule has 0 aliphatic carbocycles. The SMILES string of the molecule is Cc1ccc(Cl)c(Oc2c(F)cccc2C(C)N)c1. The number of para-hydroxylation sites is 1. The highest BCUT2D eigenvalue weighted by molar-refractivity contribution is 6.32. The number of aryl methyl sites for hydroxylation is 1. The van der Waals surface area contributed by atoms with Gasteiger partial charge in [-0.1, -0.05) is 29.8 Å². The van der Waals surface area contributed by atoms with Crippen LogP contribution in [0.25, 0.3) is 0 Å². The van der Waals surface area contributed by atoms with Gasteiger partial charge in [-0.3, -0.25) is 0 Å². The van der Waals surface area contributed by atoms with E-state index >= 15 is 0 Å². The minimum atomic E-state index is -0.452. The molecule has 0 spiro atoms. The summed E-state index contributed by atoms with van der Waals surface area (Å²) in [7, 11) is 0.